The Morgan fingerprint density at radius 2 is 2.00 bits per heavy atom. The third-order valence-electron chi connectivity index (χ3n) is 5.30. The van der Waals surface area contributed by atoms with E-state index in [1.54, 1.807) is 0 Å². The van der Waals surface area contributed by atoms with E-state index in [4.69, 9.17) is 9.47 Å². The van der Waals surface area contributed by atoms with Crippen LogP contribution < -0.4 is 5.32 Å². The fourth-order valence-corrected chi connectivity index (χ4v) is 3.80. The lowest BCUT2D eigenvalue weighted by atomic mass is 9.76. The molecule has 1 aliphatic carbocycles. The van der Waals surface area contributed by atoms with Crippen molar-refractivity contribution in [1.29, 1.82) is 0 Å². The molecule has 0 aromatic heterocycles. The zero-order valence-corrected chi connectivity index (χ0v) is 13.4. The van der Waals surface area contributed by atoms with E-state index < -0.39 is 6.09 Å². The van der Waals surface area contributed by atoms with Gasteiger partial charge in [-0.05, 0) is 31.2 Å². The van der Waals surface area contributed by atoms with Crippen molar-refractivity contribution in [2.24, 2.45) is 11.3 Å². The zero-order valence-electron chi connectivity index (χ0n) is 13.4. The second kappa shape index (κ2) is 7.32. The maximum Gasteiger partial charge on any atom is 0.407 e. The Morgan fingerprint density at radius 3 is 2.74 bits per heavy atom. The maximum absolute atomic E-state index is 11.8. The molecule has 1 aliphatic heterocycles. The van der Waals surface area contributed by atoms with E-state index in [2.05, 4.69) is 5.32 Å². The molecule has 0 bridgehead atoms. The summed E-state index contributed by atoms with van der Waals surface area (Å²) >= 11 is 0. The van der Waals surface area contributed by atoms with Crippen molar-refractivity contribution in [2.75, 3.05) is 19.8 Å². The molecule has 126 valence electrons. The molecule has 0 radical (unpaired) electrons. The molecule has 2 atom stereocenters. The van der Waals surface area contributed by atoms with Gasteiger partial charge in [-0.3, -0.25) is 0 Å². The van der Waals surface area contributed by atoms with Crippen LogP contribution in [-0.4, -0.2) is 37.1 Å². The molecule has 1 spiro atoms. The van der Waals surface area contributed by atoms with Crippen LogP contribution in [0.1, 0.15) is 31.2 Å². The number of ether oxygens (including phenoxy) is 2. The van der Waals surface area contributed by atoms with Gasteiger partial charge in [-0.25, -0.2) is 4.79 Å². The Kier molecular flexibility index (Phi) is 5.18. The van der Waals surface area contributed by atoms with Gasteiger partial charge in [-0.2, -0.15) is 0 Å². The molecule has 23 heavy (non-hydrogen) atoms. The molecule has 0 unspecified atom stereocenters. The van der Waals surface area contributed by atoms with Gasteiger partial charge in [0.05, 0.1) is 6.10 Å². The summed E-state index contributed by atoms with van der Waals surface area (Å²) in [5.41, 5.74) is 0.961. The maximum atomic E-state index is 11.8. The Bertz CT molecular complexity index is 513. The molecule has 1 amide bonds. The number of nitrogens with one attached hydrogen (secondary N) is 1. The smallest absolute Gasteiger partial charge is 0.407 e. The summed E-state index contributed by atoms with van der Waals surface area (Å²) in [7, 11) is 0. The Labute approximate surface area is 137 Å². The lowest BCUT2D eigenvalue weighted by Gasteiger charge is -2.37. The highest BCUT2D eigenvalue weighted by Crippen LogP contribution is 2.48. The molecule has 2 fully saturated rings. The SMILES string of the molecule is O=C(NC[C@@H]1CCC2(CCOCC2)[C@@H]1O)OCc1ccccc1. The third kappa shape index (κ3) is 3.85. The van der Waals surface area contributed by atoms with Crippen LogP contribution in [0.4, 0.5) is 4.79 Å². The Balaban J connectivity index is 1.42. The number of alkyl carbamates (subject to hydrolysis) is 1. The van der Waals surface area contributed by atoms with Gasteiger partial charge in [0.15, 0.2) is 0 Å². The first-order valence-electron chi connectivity index (χ1n) is 8.40. The van der Waals surface area contributed by atoms with E-state index in [0.717, 1.165) is 44.5 Å². The van der Waals surface area contributed by atoms with Gasteiger partial charge in [0.1, 0.15) is 6.61 Å². The van der Waals surface area contributed by atoms with Crippen molar-refractivity contribution in [3.63, 3.8) is 0 Å². The summed E-state index contributed by atoms with van der Waals surface area (Å²) < 4.78 is 10.6. The van der Waals surface area contributed by atoms with Crippen molar-refractivity contribution < 1.29 is 19.4 Å². The van der Waals surface area contributed by atoms with E-state index in [9.17, 15) is 9.90 Å². The van der Waals surface area contributed by atoms with E-state index in [0.29, 0.717) is 6.54 Å². The molecule has 5 heteroatoms. The largest absolute Gasteiger partial charge is 0.445 e. The molecule has 5 nitrogen and oxygen atoms in total. The van der Waals surface area contributed by atoms with E-state index in [1.807, 2.05) is 30.3 Å². The van der Waals surface area contributed by atoms with Gasteiger partial charge < -0.3 is 19.9 Å². The van der Waals surface area contributed by atoms with Crippen molar-refractivity contribution >= 4 is 6.09 Å². The molecule has 2 N–H and O–H groups in total. The summed E-state index contributed by atoms with van der Waals surface area (Å²) in [6.45, 7) is 2.20. The van der Waals surface area contributed by atoms with Crippen LogP contribution in [-0.2, 0) is 16.1 Å². The van der Waals surface area contributed by atoms with Crippen molar-refractivity contribution in [1.82, 2.24) is 5.32 Å². The van der Waals surface area contributed by atoms with E-state index >= 15 is 0 Å². The fourth-order valence-electron chi connectivity index (χ4n) is 3.80. The van der Waals surface area contributed by atoms with Gasteiger partial charge in [0, 0.05) is 31.1 Å². The topological polar surface area (TPSA) is 67.8 Å². The predicted octanol–water partition coefficient (Wildman–Crippen LogP) is 2.48. The molecular formula is C18H25NO4. The normalized spacial score (nSPS) is 26.1. The Morgan fingerprint density at radius 1 is 1.26 bits per heavy atom. The number of amides is 1. The molecule has 2 aliphatic rings. The Hall–Kier alpha value is -1.59. The monoisotopic (exact) mass is 319 g/mol. The minimum absolute atomic E-state index is 0.00145. The standard InChI is InChI=1S/C18H25NO4/c20-16-15(6-7-18(16)8-10-22-11-9-18)12-19-17(21)23-13-14-4-2-1-3-5-14/h1-5,15-16,20H,6-13H2,(H,19,21)/t15-,16+/m0/s1. The minimum Gasteiger partial charge on any atom is -0.445 e. The summed E-state index contributed by atoms with van der Waals surface area (Å²) in [6.07, 6.45) is 3.02. The highest BCUT2D eigenvalue weighted by atomic mass is 16.5. The molecule has 1 aromatic rings. The predicted molar refractivity (Wildman–Crippen MR) is 85.8 cm³/mol. The van der Waals surface area contributed by atoms with Gasteiger partial charge >= 0.3 is 6.09 Å². The summed E-state index contributed by atoms with van der Waals surface area (Å²) in [4.78, 5) is 11.8. The van der Waals surface area contributed by atoms with Crippen LogP contribution in [0.2, 0.25) is 0 Å². The molecule has 1 saturated carbocycles. The van der Waals surface area contributed by atoms with Crippen LogP contribution in [0.25, 0.3) is 0 Å². The average Bonchev–Trinajstić information content (AvgIpc) is 2.89. The van der Waals surface area contributed by atoms with Gasteiger partial charge in [0.2, 0.25) is 0 Å². The molecule has 3 rings (SSSR count). The van der Waals surface area contributed by atoms with Crippen LogP contribution in [0.5, 0.6) is 0 Å². The number of aliphatic hydroxyl groups excluding tert-OH is 1. The fraction of sp³-hybridized carbons (Fsp3) is 0.611. The second-order valence-corrected chi connectivity index (χ2v) is 6.66. The number of aliphatic hydroxyl groups is 1. The number of hydrogen-bond acceptors (Lipinski definition) is 4. The van der Waals surface area contributed by atoms with Crippen LogP contribution in [0.3, 0.4) is 0 Å². The number of carbonyl (C=O) groups excluding carboxylic acids is 1. The number of benzene rings is 1. The van der Waals surface area contributed by atoms with Crippen molar-refractivity contribution in [3.05, 3.63) is 35.9 Å². The first kappa shape index (κ1) is 16.3. The molecule has 1 aromatic carbocycles. The molecule has 1 saturated heterocycles. The number of hydrogen-bond donors (Lipinski definition) is 2. The van der Waals surface area contributed by atoms with E-state index in [1.165, 1.54) is 0 Å². The molecular weight excluding hydrogens is 294 g/mol. The lowest BCUT2D eigenvalue weighted by Crippen LogP contribution is -2.41. The first-order chi connectivity index (χ1) is 11.2. The van der Waals surface area contributed by atoms with Crippen LogP contribution in [0.15, 0.2) is 30.3 Å². The van der Waals surface area contributed by atoms with Crippen LogP contribution in [0, 0.1) is 11.3 Å². The van der Waals surface area contributed by atoms with E-state index in [-0.39, 0.29) is 24.0 Å². The average molecular weight is 319 g/mol. The molecule has 1 heterocycles. The highest BCUT2D eigenvalue weighted by Gasteiger charge is 2.48. The number of rotatable bonds is 4. The van der Waals surface area contributed by atoms with Gasteiger partial charge in [-0.1, -0.05) is 30.3 Å². The highest BCUT2D eigenvalue weighted by molar-refractivity contribution is 5.67. The summed E-state index contributed by atoms with van der Waals surface area (Å²) in [5.74, 6) is 0.109. The van der Waals surface area contributed by atoms with Crippen LogP contribution >= 0.6 is 0 Å². The minimum atomic E-state index is -0.422. The summed E-state index contributed by atoms with van der Waals surface area (Å²) in [6, 6.07) is 9.60. The first-order valence-corrected chi connectivity index (χ1v) is 8.40. The second-order valence-electron chi connectivity index (χ2n) is 6.66. The summed E-state index contributed by atoms with van der Waals surface area (Å²) in [5, 5.41) is 13.4. The van der Waals surface area contributed by atoms with Crippen molar-refractivity contribution in [2.45, 2.75) is 38.4 Å². The van der Waals surface area contributed by atoms with Gasteiger partial charge in [0.25, 0.3) is 0 Å². The zero-order chi connectivity index (χ0) is 16.1. The van der Waals surface area contributed by atoms with Gasteiger partial charge in [-0.15, -0.1) is 0 Å². The third-order valence-corrected chi connectivity index (χ3v) is 5.30. The lowest BCUT2D eigenvalue weighted by molar-refractivity contribution is -0.0556. The quantitative estimate of drug-likeness (QED) is 0.895. The number of carbonyl (C=O) groups is 1. The van der Waals surface area contributed by atoms with Crippen molar-refractivity contribution in [3.8, 4) is 0 Å².